The molecular formula is C6H7Cl2F4NO2. The fraction of sp³-hybridized carbons (Fsp3) is 0.833. The Kier molecular flexibility index (Phi) is 4.23. The van der Waals surface area contributed by atoms with Gasteiger partial charge in [-0.3, -0.25) is 0 Å². The van der Waals surface area contributed by atoms with Gasteiger partial charge >= 0.3 is 10.8 Å². The van der Waals surface area contributed by atoms with Crippen molar-refractivity contribution in [1.82, 2.24) is 0 Å². The van der Waals surface area contributed by atoms with Gasteiger partial charge in [-0.2, -0.15) is 17.6 Å². The first-order chi connectivity index (χ1) is 6.45. The zero-order valence-electron chi connectivity index (χ0n) is 7.32. The molecule has 0 aliphatic carbocycles. The van der Waals surface area contributed by atoms with Crippen molar-refractivity contribution in [3.63, 3.8) is 0 Å². The number of oxime groups is 1. The number of hydrogen-bond donors (Lipinski definition) is 2. The lowest BCUT2D eigenvalue weighted by atomic mass is 9.97. The molecule has 0 aromatic carbocycles. The maximum Gasteiger partial charge on any atom is 0.357 e. The molecule has 0 aliphatic rings. The average molecular weight is 272 g/mol. The fourth-order valence-electron chi connectivity index (χ4n) is 0.767. The van der Waals surface area contributed by atoms with Crippen LogP contribution in [0.25, 0.3) is 0 Å². The van der Waals surface area contributed by atoms with Crippen molar-refractivity contribution in [2.45, 2.75) is 29.7 Å². The van der Waals surface area contributed by atoms with Crippen molar-refractivity contribution in [2.75, 3.05) is 0 Å². The van der Waals surface area contributed by atoms with E-state index in [1.807, 2.05) is 0 Å². The molecule has 0 aromatic rings. The highest BCUT2D eigenvalue weighted by Gasteiger charge is 2.66. The number of nitrogens with zero attached hydrogens (tertiary/aromatic N) is 1. The number of rotatable bonds is 4. The first-order valence-electron chi connectivity index (χ1n) is 3.49. The molecule has 0 spiro atoms. The van der Waals surface area contributed by atoms with Gasteiger partial charge in [-0.15, -0.1) is 0 Å². The third kappa shape index (κ3) is 3.09. The van der Waals surface area contributed by atoms with Crippen molar-refractivity contribution < 1.29 is 27.9 Å². The summed E-state index contributed by atoms with van der Waals surface area (Å²) in [5.41, 5.74) is -4.60. The molecule has 0 fully saturated rings. The molecule has 0 amide bonds. The maximum absolute atomic E-state index is 12.6. The topological polar surface area (TPSA) is 52.8 Å². The summed E-state index contributed by atoms with van der Waals surface area (Å²) in [6, 6.07) is 0. The first-order valence-corrected chi connectivity index (χ1v) is 4.24. The highest BCUT2D eigenvalue weighted by molar-refractivity contribution is 6.26. The van der Waals surface area contributed by atoms with Crippen LogP contribution in [0.3, 0.4) is 0 Å². The first kappa shape index (κ1) is 14.7. The predicted octanol–water partition coefficient (Wildman–Crippen LogP) is 2.62. The molecule has 0 radical (unpaired) electrons. The van der Waals surface area contributed by atoms with E-state index in [0.717, 1.165) is 6.92 Å². The van der Waals surface area contributed by atoms with E-state index in [0.29, 0.717) is 0 Å². The largest absolute Gasteiger partial charge is 0.411 e. The second-order valence-corrected chi connectivity index (χ2v) is 3.82. The van der Waals surface area contributed by atoms with Gasteiger partial charge in [0.1, 0.15) is 0 Å². The molecule has 0 saturated heterocycles. The van der Waals surface area contributed by atoms with E-state index < -0.39 is 28.5 Å². The summed E-state index contributed by atoms with van der Waals surface area (Å²) in [5, 5.41) is 10.2. The number of aliphatic hydroxyl groups is 1. The molecule has 0 atom stereocenters. The lowest BCUT2D eigenvalue weighted by Crippen LogP contribution is -2.56. The second kappa shape index (κ2) is 4.31. The van der Waals surface area contributed by atoms with Crippen LogP contribution in [0.15, 0.2) is 5.16 Å². The third-order valence-corrected chi connectivity index (χ3v) is 2.25. The van der Waals surface area contributed by atoms with Gasteiger partial charge in [-0.05, 0) is 30.1 Å². The van der Waals surface area contributed by atoms with E-state index in [-0.39, 0.29) is 0 Å². The second-order valence-electron chi connectivity index (χ2n) is 2.87. The minimum atomic E-state index is -4.68. The molecule has 0 rings (SSSR count). The molecule has 2 N–H and O–H groups in total. The lowest BCUT2D eigenvalue weighted by Gasteiger charge is -2.34. The van der Waals surface area contributed by atoms with Crippen molar-refractivity contribution in [1.29, 1.82) is 0 Å². The van der Waals surface area contributed by atoms with Gasteiger partial charge in [0, 0.05) is 6.42 Å². The molecule has 0 aliphatic heterocycles. The summed E-state index contributed by atoms with van der Waals surface area (Å²) >= 11 is 8.68. The summed E-state index contributed by atoms with van der Waals surface area (Å²) in [7, 11) is 0. The minimum Gasteiger partial charge on any atom is -0.411 e. The maximum atomic E-state index is 12.6. The van der Waals surface area contributed by atoms with E-state index in [1.165, 1.54) is 0 Å². The molecule has 90 valence electrons. The molecule has 9 heteroatoms. The lowest BCUT2D eigenvalue weighted by molar-refractivity contribution is -0.212. The molecular weight excluding hydrogens is 265 g/mol. The van der Waals surface area contributed by atoms with Crippen LogP contribution in [0.1, 0.15) is 13.3 Å². The van der Waals surface area contributed by atoms with Crippen LogP contribution in [0.5, 0.6) is 0 Å². The van der Waals surface area contributed by atoms with Crippen molar-refractivity contribution >= 4 is 28.9 Å². The zero-order chi connectivity index (χ0) is 12.5. The Morgan fingerprint density at radius 1 is 1.20 bits per heavy atom. The van der Waals surface area contributed by atoms with Crippen LogP contribution >= 0.6 is 23.2 Å². The standard InChI is InChI=1S/C6H7Cl2F4NO2/c1-3(13-15)2-4(14,5(7,9)10)6(8,11)12/h14-15H,2H2,1H3/b13-3+. The normalized spacial score (nSPS) is 15.6. The highest BCUT2D eigenvalue weighted by Crippen LogP contribution is 2.47. The summed E-state index contributed by atoms with van der Waals surface area (Å²) in [6.45, 7) is 0.941. The number of hydrogen-bond acceptors (Lipinski definition) is 3. The Morgan fingerprint density at radius 2 is 1.53 bits per heavy atom. The monoisotopic (exact) mass is 271 g/mol. The Hall–Kier alpha value is -0.270. The summed E-state index contributed by atoms with van der Waals surface area (Å²) in [4.78, 5) is 0. The average Bonchev–Trinajstić information content (AvgIpc) is 1.99. The molecule has 0 bridgehead atoms. The van der Waals surface area contributed by atoms with Gasteiger partial charge in [0.15, 0.2) is 0 Å². The summed E-state index contributed by atoms with van der Waals surface area (Å²) in [6.07, 6.45) is -1.38. The van der Waals surface area contributed by atoms with E-state index in [2.05, 4.69) is 28.4 Å². The van der Waals surface area contributed by atoms with Crippen molar-refractivity contribution in [3.8, 4) is 0 Å². The molecule has 3 nitrogen and oxygen atoms in total. The fourth-order valence-corrected chi connectivity index (χ4v) is 1.19. The van der Waals surface area contributed by atoms with Crippen LogP contribution in [-0.2, 0) is 0 Å². The summed E-state index contributed by atoms with van der Waals surface area (Å²) in [5.74, 6) is 0. The van der Waals surface area contributed by atoms with Gasteiger partial charge in [0.2, 0.25) is 5.60 Å². The van der Waals surface area contributed by atoms with Crippen LogP contribution in [-0.4, -0.2) is 32.4 Å². The van der Waals surface area contributed by atoms with Gasteiger partial charge < -0.3 is 10.3 Å². The van der Waals surface area contributed by atoms with Gasteiger partial charge in [0.05, 0.1) is 5.71 Å². The van der Waals surface area contributed by atoms with Crippen molar-refractivity contribution in [2.24, 2.45) is 5.16 Å². The van der Waals surface area contributed by atoms with Crippen LogP contribution in [0.2, 0.25) is 0 Å². The SMILES string of the molecule is C/C(CC(O)(C(F)(F)Cl)C(F)(F)Cl)=N\O. The Balaban J connectivity index is 5.25. The smallest absolute Gasteiger partial charge is 0.357 e. The van der Waals surface area contributed by atoms with Crippen molar-refractivity contribution in [3.05, 3.63) is 0 Å². The van der Waals surface area contributed by atoms with Gasteiger partial charge in [-0.25, -0.2) is 0 Å². The summed E-state index contributed by atoms with van der Waals surface area (Å²) < 4.78 is 50.3. The van der Waals surface area contributed by atoms with Crippen LogP contribution < -0.4 is 0 Å². The van der Waals surface area contributed by atoms with E-state index in [4.69, 9.17) is 10.3 Å². The highest BCUT2D eigenvalue weighted by atomic mass is 35.5. The van der Waals surface area contributed by atoms with Gasteiger partial charge in [0.25, 0.3) is 0 Å². The van der Waals surface area contributed by atoms with Crippen LogP contribution in [0, 0.1) is 0 Å². The Labute approximate surface area is 92.3 Å². The molecule has 0 aromatic heterocycles. The molecule has 0 heterocycles. The number of halogens is 6. The van der Waals surface area contributed by atoms with E-state index in [9.17, 15) is 17.6 Å². The predicted molar refractivity (Wildman–Crippen MR) is 46.1 cm³/mol. The third-order valence-electron chi connectivity index (χ3n) is 1.62. The molecule has 15 heavy (non-hydrogen) atoms. The van der Waals surface area contributed by atoms with Gasteiger partial charge in [-0.1, -0.05) is 5.16 Å². The van der Waals surface area contributed by atoms with E-state index >= 15 is 0 Å². The van der Waals surface area contributed by atoms with E-state index in [1.54, 1.807) is 0 Å². The molecule has 0 saturated carbocycles. The quantitative estimate of drug-likeness (QED) is 0.272. The molecule has 0 unspecified atom stereocenters. The minimum absolute atomic E-state index is 0.571. The Morgan fingerprint density at radius 3 is 1.73 bits per heavy atom. The Bertz CT molecular complexity index is 247. The van der Waals surface area contributed by atoms with Crippen LogP contribution in [0.4, 0.5) is 17.6 Å². The number of alkyl halides is 6. The zero-order valence-corrected chi connectivity index (χ0v) is 8.83.